The molecule has 0 saturated carbocycles. The largest absolute Gasteiger partial charge is 1.00 e. The van der Waals surface area contributed by atoms with E-state index < -0.39 is 7.82 Å². The lowest BCUT2D eigenvalue weighted by Crippen LogP contribution is -3.00. The third-order valence-corrected chi connectivity index (χ3v) is 0. The summed E-state index contributed by atoms with van der Waals surface area (Å²) in [5.41, 5.74) is 0. The van der Waals surface area contributed by atoms with E-state index in [1.54, 1.807) is 0 Å². The van der Waals surface area contributed by atoms with Gasteiger partial charge in [0.1, 0.15) is 0 Å². The van der Waals surface area contributed by atoms with E-state index in [0.29, 0.717) is 0 Å². The van der Waals surface area contributed by atoms with E-state index in [1.165, 1.54) is 0 Å². The van der Waals surface area contributed by atoms with Gasteiger partial charge in [0.15, 0.2) is 0 Å². The van der Waals surface area contributed by atoms with Crippen LogP contribution in [0.4, 0.5) is 0 Å². The van der Waals surface area contributed by atoms with Crippen LogP contribution in [-0.2, 0) is 4.57 Å². The number of rotatable bonds is 0. The van der Waals surface area contributed by atoms with E-state index in [0.717, 1.165) is 0 Å². The van der Waals surface area contributed by atoms with Crippen LogP contribution in [0, 0.1) is 0 Å². The molecule has 0 unspecified atom stereocenters. The topological polar surface area (TPSA) is 86.2 Å². The third kappa shape index (κ3) is 5960. The fourth-order valence-electron chi connectivity index (χ4n) is 0. The molecule has 0 spiro atoms. The Balaban J connectivity index is -0.00000000533. The van der Waals surface area contributed by atoms with E-state index in [-0.39, 0.29) is 28.2 Å². The molecule has 0 aliphatic carbocycles. The van der Waals surface area contributed by atoms with Gasteiger partial charge >= 0.3 is 0 Å². The van der Waals surface area contributed by atoms with Gasteiger partial charge in [0.05, 0.1) is 0 Å². The zero-order valence-corrected chi connectivity index (χ0v) is 5.24. The van der Waals surface area contributed by atoms with Gasteiger partial charge in [0.25, 0.3) is 0 Å². The SMILES string of the molecule is O=P([O-])([O-])[O-].[F-].[F-].[F-].[F-].[F-].[F-]. The molecule has 80 valence electrons. The Morgan fingerprint density at radius 3 is 0.636 bits per heavy atom. The first-order valence-electron chi connectivity index (χ1n) is 0.730. The first-order valence-corrected chi connectivity index (χ1v) is 2.19. The summed E-state index contributed by atoms with van der Waals surface area (Å²) in [7, 11) is -5.39. The zero-order valence-electron chi connectivity index (χ0n) is 4.35. The summed E-state index contributed by atoms with van der Waals surface area (Å²) in [6, 6.07) is 0. The summed E-state index contributed by atoms with van der Waals surface area (Å²) >= 11 is 0. The molecule has 0 heterocycles. The van der Waals surface area contributed by atoms with Crippen molar-refractivity contribution in [2.45, 2.75) is 0 Å². The van der Waals surface area contributed by atoms with Crippen LogP contribution in [0.3, 0.4) is 0 Å². The Bertz CT molecular complexity index is 60.7. The number of halogens is 6. The first-order chi connectivity index (χ1) is 2.00. The molecule has 0 aromatic carbocycles. The predicted molar refractivity (Wildman–Crippen MR) is 7.61 cm³/mol. The van der Waals surface area contributed by atoms with Crippen molar-refractivity contribution in [1.82, 2.24) is 0 Å². The molecule has 11 heteroatoms. The van der Waals surface area contributed by atoms with Crippen LogP contribution in [0.2, 0.25) is 0 Å². The minimum atomic E-state index is -5.39. The van der Waals surface area contributed by atoms with Crippen LogP contribution in [0.5, 0.6) is 0 Å². The molecule has 4 nitrogen and oxygen atoms in total. The van der Waals surface area contributed by atoms with Crippen LogP contribution >= 0.6 is 7.82 Å². The molecule has 0 atom stereocenters. The molecule has 0 aromatic heterocycles. The summed E-state index contributed by atoms with van der Waals surface area (Å²) in [6.45, 7) is 0. The maximum atomic E-state index is 8.55. The lowest BCUT2D eigenvalue weighted by Gasteiger charge is -2.36. The van der Waals surface area contributed by atoms with Crippen molar-refractivity contribution in [3.05, 3.63) is 0 Å². The van der Waals surface area contributed by atoms with Gasteiger partial charge in [-0.1, -0.05) is 0 Å². The Hall–Kier alpha value is -0.310. The van der Waals surface area contributed by atoms with Gasteiger partial charge in [-0.05, 0) is 0 Å². The molecule has 0 amide bonds. The van der Waals surface area contributed by atoms with Crippen molar-refractivity contribution in [2.75, 3.05) is 0 Å². The predicted octanol–water partition coefficient (Wildman–Crippen LogP) is -20.8. The van der Waals surface area contributed by atoms with E-state index in [2.05, 4.69) is 0 Å². The van der Waals surface area contributed by atoms with Gasteiger partial charge in [0, 0.05) is 0 Å². The summed E-state index contributed by atoms with van der Waals surface area (Å²) < 4.78 is 8.55. The summed E-state index contributed by atoms with van der Waals surface area (Å²) in [4.78, 5) is 25.6. The normalized spacial score (nSPS) is 5.36. The molecule has 0 saturated heterocycles. The van der Waals surface area contributed by atoms with Crippen molar-refractivity contribution in [1.29, 1.82) is 0 Å². The number of hydrogen-bond donors (Lipinski definition) is 0. The number of phosphoric acid groups is 1. The van der Waals surface area contributed by atoms with Gasteiger partial charge in [-0.25, -0.2) is 0 Å². The highest BCUT2D eigenvalue weighted by Gasteiger charge is 1.44. The summed E-state index contributed by atoms with van der Waals surface area (Å²) in [5, 5.41) is 0. The molecule has 0 fully saturated rings. The van der Waals surface area contributed by atoms with Gasteiger partial charge < -0.3 is 47.5 Å². The maximum absolute atomic E-state index is 8.55. The molecule has 0 aliphatic heterocycles. The van der Waals surface area contributed by atoms with Gasteiger partial charge in [-0.2, -0.15) is 7.82 Å². The van der Waals surface area contributed by atoms with Gasteiger partial charge in [0.2, 0.25) is 0 Å². The van der Waals surface area contributed by atoms with E-state index in [9.17, 15) is 0 Å². The fraction of sp³-hybridized carbons (Fsp3) is 0. The molecule has 0 bridgehead atoms. The van der Waals surface area contributed by atoms with Crippen molar-refractivity contribution >= 4 is 7.82 Å². The van der Waals surface area contributed by atoms with Crippen LogP contribution in [0.15, 0.2) is 0 Å². The van der Waals surface area contributed by atoms with E-state index >= 15 is 0 Å². The first kappa shape index (κ1) is 73.7. The Morgan fingerprint density at radius 1 is 0.636 bits per heavy atom. The van der Waals surface area contributed by atoms with Gasteiger partial charge in [-0.15, -0.1) is 0 Å². The second kappa shape index (κ2) is 22.6. The quantitative estimate of drug-likeness (QED) is 0.293. The second-order valence-electron chi connectivity index (χ2n) is 0.447. The third-order valence-electron chi connectivity index (χ3n) is 0. The van der Waals surface area contributed by atoms with Crippen molar-refractivity contribution in [3.8, 4) is 0 Å². The Morgan fingerprint density at radius 2 is 0.636 bits per heavy atom. The van der Waals surface area contributed by atoms with Crippen molar-refractivity contribution in [2.24, 2.45) is 0 Å². The summed E-state index contributed by atoms with van der Waals surface area (Å²) in [6.07, 6.45) is 0. The lowest BCUT2D eigenvalue weighted by molar-refractivity contribution is -0.432. The highest BCUT2D eigenvalue weighted by molar-refractivity contribution is 7.40. The smallest absolute Gasteiger partial charge is 0.159 e. The minimum Gasteiger partial charge on any atom is -1.00 e. The molecule has 0 aromatic rings. The molecular formula is F6O4P-9. The minimum absolute atomic E-state index is 0. The highest BCUT2D eigenvalue weighted by atomic mass is 31.2. The number of hydrogen-bond acceptors (Lipinski definition) is 4. The second-order valence-corrected chi connectivity index (χ2v) is 1.34. The van der Waals surface area contributed by atoms with Gasteiger partial charge in [-0.3, -0.25) is 0 Å². The Labute approximate surface area is 56.7 Å². The molecule has 0 aliphatic rings. The molecule has 0 N–H and O–H groups in total. The molecule has 11 heavy (non-hydrogen) atoms. The standard InChI is InChI=1S/6FH.H3O4P/c;;;;;;1-5(2,3)4/h6*1H;(H3,1,2,3,4)/p-9. The lowest BCUT2D eigenvalue weighted by atomic mass is 15.8. The van der Waals surface area contributed by atoms with Crippen LogP contribution in [0.25, 0.3) is 0 Å². The van der Waals surface area contributed by atoms with Crippen molar-refractivity contribution in [3.63, 3.8) is 0 Å². The average molecular weight is 209 g/mol. The van der Waals surface area contributed by atoms with E-state index in [4.69, 9.17) is 19.2 Å². The Kier molecular flexibility index (Phi) is 151. The summed E-state index contributed by atoms with van der Waals surface area (Å²) in [5.74, 6) is 0. The highest BCUT2D eigenvalue weighted by Crippen LogP contribution is 2.03. The molecular weight excluding hydrogens is 209 g/mol. The molecule has 0 rings (SSSR count). The fourth-order valence-corrected chi connectivity index (χ4v) is 0. The van der Waals surface area contributed by atoms with Crippen LogP contribution in [0.1, 0.15) is 0 Å². The zero-order chi connectivity index (χ0) is 4.50. The van der Waals surface area contributed by atoms with Crippen LogP contribution in [-0.4, -0.2) is 0 Å². The average Bonchev–Trinajstić information content (AvgIpc) is 0.722. The van der Waals surface area contributed by atoms with E-state index in [1.807, 2.05) is 0 Å². The monoisotopic (exact) mass is 209 g/mol. The van der Waals surface area contributed by atoms with Crippen LogP contribution < -0.4 is 42.9 Å². The van der Waals surface area contributed by atoms with Crippen molar-refractivity contribution < 1.29 is 47.5 Å². The molecule has 0 radical (unpaired) electrons. The maximum Gasteiger partial charge on any atom is -0.159 e.